The van der Waals surface area contributed by atoms with Crippen molar-refractivity contribution in [3.8, 4) is 5.75 Å². The molecule has 1 aliphatic heterocycles. The van der Waals surface area contributed by atoms with Gasteiger partial charge in [-0.1, -0.05) is 25.5 Å². The molecule has 17 heavy (non-hydrogen) atoms. The van der Waals surface area contributed by atoms with Gasteiger partial charge in [0.1, 0.15) is 5.75 Å². The molecule has 1 unspecified atom stereocenters. The van der Waals surface area contributed by atoms with Crippen LogP contribution in [0.5, 0.6) is 5.75 Å². The van der Waals surface area contributed by atoms with Crippen molar-refractivity contribution in [1.29, 1.82) is 0 Å². The normalized spacial score (nSPS) is 23.9. The summed E-state index contributed by atoms with van der Waals surface area (Å²) in [6, 6.07) is 8.47. The molecule has 0 spiro atoms. The first-order chi connectivity index (χ1) is 8.28. The van der Waals surface area contributed by atoms with Gasteiger partial charge in [-0.15, -0.1) is 0 Å². The lowest BCUT2D eigenvalue weighted by Crippen LogP contribution is -2.41. The van der Waals surface area contributed by atoms with E-state index in [1.807, 2.05) is 6.07 Å². The fraction of sp³-hybridized carbons (Fsp3) is 0.600. The van der Waals surface area contributed by atoms with Crippen molar-refractivity contribution in [2.45, 2.75) is 44.6 Å². The minimum absolute atomic E-state index is 0.334. The molecule has 2 rings (SSSR count). The molecular formula is C15H23NO. The minimum atomic E-state index is 0.334. The third-order valence-corrected chi connectivity index (χ3v) is 3.74. The lowest BCUT2D eigenvalue weighted by atomic mass is 9.85. The van der Waals surface area contributed by atoms with Gasteiger partial charge in [0.2, 0.25) is 0 Å². The summed E-state index contributed by atoms with van der Waals surface area (Å²) in [7, 11) is 1.73. The molecule has 1 heterocycles. The van der Waals surface area contributed by atoms with Gasteiger partial charge in [0.25, 0.3) is 0 Å². The summed E-state index contributed by atoms with van der Waals surface area (Å²) < 4.78 is 5.29. The summed E-state index contributed by atoms with van der Waals surface area (Å²) in [4.78, 5) is 0. The van der Waals surface area contributed by atoms with E-state index in [-0.39, 0.29) is 0 Å². The Morgan fingerprint density at radius 3 is 2.94 bits per heavy atom. The highest BCUT2D eigenvalue weighted by Gasteiger charge is 2.32. The summed E-state index contributed by atoms with van der Waals surface area (Å²) in [6.45, 7) is 3.44. The van der Waals surface area contributed by atoms with Gasteiger partial charge >= 0.3 is 0 Å². The number of ether oxygens (including phenoxy) is 1. The molecule has 0 aliphatic carbocycles. The monoisotopic (exact) mass is 233 g/mol. The molecule has 2 nitrogen and oxygen atoms in total. The lowest BCUT2D eigenvalue weighted by molar-refractivity contribution is 0.341. The summed E-state index contributed by atoms with van der Waals surface area (Å²) >= 11 is 0. The van der Waals surface area contributed by atoms with Gasteiger partial charge in [-0.05, 0) is 49.9 Å². The molecule has 1 N–H and O–H groups in total. The van der Waals surface area contributed by atoms with Crippen molar-refractivity contribution in [2.24, 2.45) is 0 Å². The van der Waals surface area contributed by atoms with E-state index in [0.29, 0.717) is 5.54 Å². The Bertz CT molecular complexity index is 356. The van der Waals surface area contributed by atoms with Crippen molar-refractivity contribution in [3.05, 3.63) is 29.8 Å². The highest BCUT2D eigenvalue weighted by atomic mass is 16.5. The predicted octanol–water partition coefficient (Wildman–Crippen LogP) is 3.16. The first-order valence-electron chi connectivity index (χ1n) is 6.66. The van der Waals surface area contributed by atoms with E-state index in [1.54, 1.807) is 7.11 Å². The van der Waals surface area contributed by atoms with Crippen molar-refractivity contribution in [1.82, 2.24) is 5.32 Å². The zero-order valence-electron chi connectivity index (χ0n) is 11.0. The Kier molecular flexibility index (Phi) is 4.06. The van der Waals surface area contributed by atoms with Gasteiger partial charge in [0.15, 0.2) is 0 Å². The molecular weight excluding hydrogens is 210 g/mol. The second-order valence-corrected chi connectivity index (χ2v) is 5.09. The van der Waals surface area contributed by atoms with Crippen LogP contribution in [0.1, 0.15) is 38.2 Å². The Balaban J connectivity index is 2.11. The molecule has 1 aromatic rings. The van der Waals surface area contributed by atoms with E-state index in [4.69, 9.17) is 4.74 Å². The highest BCUT2D eigenvalue weighted by Crippen LogP contribution is 2.29. The van der Waals surface area contributed by atoms with E-state index in [2.05, 4.69) is 30.4 Å². The van der Waals surface area contributed by atoms with Crippen LogP contribution in [-0.4, -0.2) is 19.2 Å². The summed E-state index contributed by atoms with van der Waals surface area (Å²) in [5, 5.41) is 3.72. The third kappa shape index (κ3) is 3.01. The zero-order valence-corrected chi connectivity index (χ0v) is 11.0. The second-order valence-electron chi connectivity index (χ2n) is 5.09. The number of benzene rings is 1. The number of nitrogens with one attached hydrogen (secondary N) is 1. The van der Waals surface area contributed by atoms with Crippen LogP contribution in [0.25, 0.3) is 0 Å². The highest BCUT2D eigenvalue weighted by molar-refractivity contribution is 5.30. The Morgan fingerprint density at radius 1 is 1.41 bits per heavy atom. The fourth-order valence-electron chi connectivity index (χ4n) is 2.97. The molecule has 1 aromatic carbocycles. The Hall–Kier alpha value is -1.02. The molecule has 0 saturated carbocycles. The summed E-state index contributed by atoms with van der Waals surface area (Å²) in [5.41, 5.74) is 1.72. The SMILES string of the molecule is CCCC1(Cc2cccc(OC)c2)CCCN1. The Labute approximate surface area is 104 Å². The number of rotatable bonds is 5. The van der Waals surface area contributed by atoms with Gasteiger partial charge in [0.05, 0.1) is 7.11 Å². The quantitative estimate of drug-likeness (QED) is 0.843. The topological polar surface area (TPSA) is 21.3 Å². The predicted molar refractivity (Wildman–Crippen MR) is 71.6 cm³/mol. The summed E-state index contributed by atoms with van der Waals surface area (Å²) in [5.74, 6) is 0.965. The van der Waals surface area contributed by atoms with Crippen LogP contribution in [0.4, 0.5) is 0 Å². The first kappa shape index (κ1) is 12.4. The first-order valence-corrected chi connectivity index (χ1v) is 6.66. The maximum atomic E-state index is 5.29. The third-order valence-electron chi connectivity index (χ3n) is 3.74. The average molecular weight is 233 g/mol. The van der Waals surface area contributed by atoms with Crippen LogP contribution < -0.4 is 10.1 Å². The molecule has 1 fully saturated rings. The van der Waals surface area contributed by atoms with Gasteiger partial charge in [0, 0.05) is 5.54 Å². The molecule has 0 radical (unpaired) electrons. The average Bonchev–Trinajstić information content (AvgIpc) is 2.78. The largest absolute Gasteiger partial charge is 0.497 e. The van der Waals surface area contributed by atoms with Gasteiger partial charge < -0.3 is 10.1 Å². The zero-order chi connectivity index (χ0) is 12.1. The van der Waals surface area contributed by atoms with Crippen LogP contribution in [0.3, 0.4) is 0 Å². The standard InChI is InChI=1S/C15H23NO/c1-3-8-15(9-5-10-16-15)12-13-6-4-7-14(11-13)17-2/h4,6-7,11,16H,3,5,8-10,12H2,1-2H3. The van der Waals surface area contributed by atoms with Crippen molar-refractivity contribution >= 4 is 0 Å². The lowest BCUT2D eigenvalue weighted by Gasteiger charge is -2.29. The van der Waals surface area contributed by atoms with Crippen molar-refractivity contribution < 1.29 is 4.74 Å². The fourth-order valence-corrected chi connectivity index (χ4v) is 2.97. The van der Waals surface area contributed by atoms with Gasteiger partial charge in [-0.3, -0.25) is 0 Å². The van der Waals surface area contributed by atoms with Crippen LogP contribution >= 0.6 is 0 Å². The maximum absolute atomic E-state index is 5.29. The molecule has 94 valence electrons. The number of hydrogen-bond acceptors (Lipinski definition) is 2. The van der Waals surface area contributed by atoms with Crippen LogP contribution in [0, 0.1) is 0 Å². The molecule has 2 heteroatoms. The van der Waals surface area contributed by atoms with Crippen LogP contribution in [-0.2, 0) is 6.42 Å². The van der Waals surface area contributed by atoms with E-state index in [9.17, 15) is 0 Å². The van der Waals surface area contributed by atoms with Crippen LogP contribution in [0.2, 0.25) is 0 Å². The van der Waals surface area contributed by atoms with Crippen LogP contribution in [0.15, 0.2) is 24.3 Å². The maximum Gasteiger partial charge on any atom is 0.119 e. The molecule has 1 saturated heterocycles. The second kappa shape index (κ2) is 5.54. The van der Waals surface area contributed by atoms with Gasteiger partial charge in [-0.25, -0.2) is 0 Å². The molecule has 0 amide bonds. The van der Waals surface area contributed by atoms with E-state index in [0.717, 1.165) is 12.2 Å². The molecule has 0 aromatic heterocycles. The number of methoxy groups -OCH3 is 1. The Morgan fingerprint density at radius 2 is 2.29 bits per heavy atom. The number of hydrogen-bond donors (Lipinski definition) is 1. The smallest absolute Gasteiger partial charge is 0.119 e. The molecule has 1 atom stereocenters. The molecule has 0 bridgehead atoms. The van der Waals surface area contributed by atoms with E-state index < -0.39 is 0 Å². The summed E-state index contributed by atoms with van der Waals surface area (Å²) in [6.07, 6.45) is 6.25. The van der Waals surface area contributed by atoms with Crippen molar-refractivity contribution in [2.75, 3.05) is 13.7 Å². The van der Waals surface area contributed by atoms with Crippen molar-refractivity contribution in [3.63, 3.8) is 0 Å². The molecule has 1 aliphatic rings. The van der Waals surface area contributed by atoms with E-state index in [1.165, 1.54) is 37.8 Å². The minimum Gasteiger partial charge on any atom is -0.497 e. The van der Waals surface area contributed by atoms with E-state index >= 15 is 0 Å². The van der Waals surface area contributed by atoms with Gasteiger partial charge in [-0.2, -0.15) is 0 Å².